The first-order valence-electron chi connectivity index (χ1n) is 33.6. The molecule has 12 atom stereocenters. The molecule has 14 nitrogen and oxygen atoms in total. The number of allylic oxidation sites excluding steroid dienone is 4. The minimum Gasteiger partial charge on any atom is -0.394 e. The van der Waals surface area contributed by atoms with E-state index < -0.39 is 86.8 Å². The molecular weight excluding hydrogens is 1010 g/mol. The van der Waals surface area contributed by atoms with Crippen molar-refractivity contribution < 1.29 is 64.6 Å². The molecule has 2 saturated heterocycles. The number of aliphatic hydroxyl groups is 8. The summed E-state index contributed by atoms with van der Waals surface area (Å²) in [5.41, 5.74) is 0. The zero-order valence-corrected chi connectivity index (χ0v) is 51.1. The minimum absolute atomic E-state index is 0.208. The second kappa shape index (κ2) is 51.9. The maximum Gasteiger partial charge on any atom is 0.220 e. The fourth-order valence-corrected chi connectivity index (χ4v) is 11.3. The number of unbranched alkanes of at least 4 members (excludes halogenated alkanes) is 38. The first-order chi connectivity index (χ1) is 39.1. The predicted molar refractivity (Wildman–Crippen MR) is 323 cm³/mol. The van der Waals surface area contributed by atoms with Crippen LogP contribution in [0.3, 0.4) is 0 Å². The van der Waals surface area contributed by atoms with Crippen LogP contribution in [-0.4, -0.2) is 140 Å². The number of amides is 1. The second-order valence-electron chi connectivity index (χ2n) is 24.0. The first kappa shape index (κ1) is 74.6. The van der Waals surface area contributed by atoms with Crippen LogP contribution in [0, 0.1) is 0 Å². The van der Waals surface area contributed by atoms with E-state index in [1.165, 1.54) is 205 Å². The molecule has 472 valence electrons. The molecule has 2 heterocycles. The molecule has 9 N–H and O–H groups in total. The van der Waals surface area contributed by atoms with Crippen LogP contribution in [0.15, 0.2) is 24.3 Å². The minimum atomic E-state index is -1.78. The highest BCUT2D eigenvalue weighted by Gasteiger charge is 2.51. The average molecular weight is 1140 g/mol. The smallest absolute Gasteiger partial charge is 0.220 e. The molecule has 0 saturated carbocycles. The third-order valence-electron chi connectivity index (χ3n) is 16.7. The lowest BCUT2D eigenvalue weighted by atomic mass is 9.97. The lowest BCUT2D eigenvalue weighted by molar-refractivity contribution is -0.359. The molecule has 0 bridgehead atoms. The third-order valence-corrected chi connectivity index (χ3v) is 16.7. The summed E-state index contributed by atoms with van der Waals surface area (Å²) in [6.45, 7) is 2.77. The average Bonchev–Trinajstić information content (AvgIpc) is 3.49. The molecule has 0 spiro atoms. The molecule has 80 heavy (non-hydrogen) atoms. The summed E-state index contributed by atoms with van der Waals surface area (Å²) >= 11 is 0. The molecule has 14 heteroatoms. The molecule has 2 rings (SSSR count). The fraction of sp³-hybridized carbons (Fsp3) is 0.924. The molecule has 2 aliphatic rings. The molecule has 0 radical (unpaired) electrons. The van der Waals surface area contributed by atoms with Crippen molar-refractivity contribution in [2.45, 2.75) is 370 Å². The maximum absolute atomic E-state index is 13.2. The molecule has 0 aliphatic carbocycles. The van der Waals surface area contributed by atoms with Crippen molar-refractivity contribution in [2.24, 2.45) is 0 Å². The van der Waals surface area contributed by atoms with Crippen molar-refractivity contribution in [1.82, 2.24) is 5.32 Å². The standard InChI is InChI=1S/C66H125NO13/c1-3-5-7-9-10-11-12-13-14-15-16-17-18-19-20-21-22-23-24-25-26-27-28-29-30-31-32-33-34-35-36-37-38-39-40-41-42-43-44-46-48-50-58(71)67-54(55(70)49-47-45-8-6-4-2)53-77-65-63(76)61(74)64(57(52-69)79-65)80-66-62(75)60(73)59(72)56(51-68)78-66/h12-13,15-16,54-57,59-66,68-70,72-76H,3-11,14,17-53H2,1-2H3,(H,67,71)/b13-12-,16-15-. The van der Waals surface area contributed by atoms with E-state index in [0.29, 0.717) is 12.8 Å². The first-order valence-corrected chi connectivity index (χ1v) is 33.6. The molecule has 1 amide bonds. The van der Waals surface area contributed by atoms with E-state index in [1.807, 2.05) is 0 Å². The van der Waals surface area contributed by atoms with Crippen LogP contribution in [-0.2, 0) is 23.7 Å². The number of ether oxygens (including phenoxy) is 4. The fourth-order valence-electron chi connectivity index (χ4n) is 11.3. The summed E-state index contributed by atoms with van der Waals surface area (Å²) in [4.78, 5) is 13.2. The Bertz CT molecular complexity index is 1440. The Morgan fingerprint density at radius 3 is 1.25 bits per heavy atom. The van der Waals surface area contributed by atoms with E-state index in [9.17, 15) is 45.6 Å². The third kappa shape index (κ3) is 36.3. The summed E-state index contributed by atoms with van der Waals surface area (Å²) in [6, 6.07) is -0.821. The van der Waals surface area contributed by atoms with Crippen LogP contribution in [0.25, 0.3) is 0 Å². The van der Waals surface area contributed by atoms with Gasteiger partial charge < -0.3 is 65.1 Å². The van der Waals surface area contributed by atoms with Gasteiger partial charge in [0, 0.05) is 6.42 Å². The topological polar surface area (TPSA) is 228 Å². The lowest BCUT2D eigenvalue weighted by Gasteiger charge is -2.46. The van der Waals surface area contributed by atoms with Gasteiger partial charge in [-0.15, -0.1) is 0 Å². The van der Waals surface area contributed by atoms with E-state index in [2.05, 4.69) is 43.5 Å². The SMILES string of the molecule is CCCCCCC/C=C\C/C=C\CCCCCCCCCCCCCCCCCCCCCCCCCCCCCCCC(=O)NC(COC1OC(CO)C(OC2OC(CO)C(O)C(O)C2O)C(O)C1O)C(O)CCCCCCC. The van der Waals surface area contributed by atoms with Crippen molar-refractivity contribution in [3.63, 3.8) is 0 Å². The molecule has 12 unspecified atom stereocenters. The summed E-state index contributed by atoms with van der Waals surface area (Å²) in [5.74, 6) is -0.208. The van der Waals surface area contributed by atoms with E-state index in [-0.39, 0.29) is 12.5 Å². The normalized spacial score (nSPS) is 24.3. The Labute approximate surface area is 488 Å². The largest absolute Gasteiger partial charge is 0.394 e. The Hall–Kier alpha value is -1.53. The Balaban J connectivity index is 1.43. The number of carbonyl (C=O) groups excluding carboxylic acids is 1. The van der Waals surface area contributed by atoms with Gasteiger partial charge in [0.2, 0.25) is 5.91 Å². The number of nitrogens with one attached hydrogen (secondary N) is 1. The van der Waals surface area contributed by atoms with Gasteiger partial charge in [0.1, 0.15) is 48.8 Å². The summed E-state index contributed by atoms with van der Waals surface area (Å²) in [6.07, 6.45) is 47.5. The summed E-state index contributed by atoms with van der Waals surface area (Å²) < 4.78 is 22.7. The molecule has 0 aromatic rings. The van der Waals surface area contributed by atoms with Gasteiger partial charge in [-0.25, -0.2) is 0 Å². The predicted octanol–water partition coefficient (Wildman–Crippen LogP) is 12.8. The van der Waals surface area contributed by atoms with Crippen LogP contribution in [0.2, 0.25) is 0 Å². The van der Waals surface area contributed by atoms with Crippen LogP contribution >= 0.6 is 0 Å². The van der Waals surface area contributed by atoms with Gasteiger partial charge in [0.05, 0.1) is 32.0 Å². The van der Waals surface area contributed by atoms with Gasteiger partial charge in [-0.3, -0.25) is 4.79 Å². The van der Waals surface area contributed by atoms with E-state index in [0.717, 1.165) is 64.2 Å². The summed E-state index contributed by atoms with van der Waals surface area (Å²) in [7, 11) is 0. The van der Waals surface area contributed by atoms with E-state index in [1.54, 1.807) is 0 Å². The zero-order chi connectivity index (χ0) is 58.1. The maximum atomic E-state index is 13.2. The molecule has 0 aromatic carbocycles. The van der Waals surface area contributed by atoms with Crippen molar-refractivity contribution in [1.29, 1.82) is 0 Å². The molecule has 2 aliphatic heterocycles. The van der Waals surface area contributed by atoms with Crippen molar-refractivity contribution >= 4 is 5.91 Å². The number of aliphatic hydroxyl groups excluding tert-OH is 8. The number of carbonyl (C=O) groups is 1. The lowest BCUT2D eigenvalue weighted by Crippen LogP contribution is -2.65. The Morgan fingerprint density at radius 1 is 0.450 bits per heavy atom. The van der Waals surface area contributed by atoms with Crippen LogP contribution in [0.4, 0.5) is 0 Å². The van der Waals surface area contributed by atoms with Crippen molar-refractivity contribution in [3.05, 3.63) is 24.3 Å². The van der Waals surface area contributed by atoms with E-state index >= 15 is 0 Å². The highest BCUT2D eigenvalue weighted by molar-refractivity contribution is 5.76. The van der Waals surface area contributed by atoms with Gasteiger partial charge in [-0.1, -0.05) is 269 Å². The number of hydrogen-bond donors (Lipinski definition) is 9. The zero-order valence-electron chi connectivity index (χ0n) is 51.1. The van der Waals surface area contributed by atoms with Crippen LogP contribution < -0.4 is 5.32 Å². The molecule has 0 aromatic heterocycles. The van der Waals surface area contributed by atoms with Gasteiger partial charge in [0.15, 0.2) is 12.6 Å². The van der Waals surface area contributed by atoms with Crippen LogP contribution in [0.1, 0.15) is 296 Å². The summed E-state index contributed by atoms with van der Waals surface area (Å²) in [5, 5.41) is 86.6. The Morgan fingerprint density at radius 2 is 0.825 bits per heavy atom. The molecule has 2 fully saturated rings. The van der Waals surface area contributed by atoms with Crippen molar-refractivity contribution in [3.8, 4) is 0 Å². The van der Waals surface area contributed by atoms with Gasteiger partial charge >= 0.3 is 0 Å². The molecular formula is C66H125NO13. The second-order valence-corrected chi connectivity index (χ2v) is 24.0. The van der Waals surface area contributed by atoms with Gasteiger partial charge in [0.25, 0.3) is 0 Å². The van der Waals surface area contributed by atoms with Crippen LogP contribution in [0.5, 0.6) is 0 Å². The van der Waals surface area contributed by atoms with Crippen molar-refractivity contribution in [2.75, 3.05) is 19.8 Å². The quantitative estimate of drug-likeness (QED) is 0.0204. The van der Waals surface area contributed by atoms with Gasteiger partial charge in [-0.2, -0.15) is 0 Å². The Kier molecular flexibility index (Phi) is 48.3. The highest BCUT2D eigenvalue weighted by Crippen LogP contribution is 2.30. The number of rotatable bonds is 55. The highest BCUT2D eigenvalue weighted by atomic mass is 16.7. The monoisotopic (exact) mass is 1140 g/mol. The van der Waals surface area contributed by atoms with Gasteiger partial charge in [-0.05, 0) is 44.9 Å². The number of hydrogen-bond acceptors (Lipinski definition) is 13. The van der Waals surface area contributed by atoms with E-state index in [4.69, 9.17) is 18.9 Å².